The highest BCUT2D eigenvalue weighted by Crippen LogP contribution is 2.41. The summed E-state index contributed by atoms with van der Waals surface area (Å²) >= 11 is 0. The summed E-state index contributed by atoms with van der Waals surface area (Å²) < 4.78 is 19.7. The second-order valence-electron chi connectivity index (χ2n) is 8.12. The number of aromatic nitrogens is 2. The average molecular weight is 429 g/mol. The quantitative estimate of drug-likeness (QED) is 0.670. The van der Waals surface area contributed by atoms with Gasteiger partial charge in [-0.1, -0.05) is 6.08 Å². The van der Waals surface area contributed by atoms with Gasteiger partial charge in [-0.05, 0) is 31.9 Å². The number of piperazine rings is 1. The standard InChI is InChI=1S/C21H28N6O2S/c1-21(6-7-21)29-15-4-3-5-17(22)16(12-15)20(23)18-13-19(25-14-24-18)26-8-10-27(11-9-26)30(2)28/h3-4,12-14,23H,5-11,22H2,1-2H3. The number of rotatable bonds is 6. The van der Waals surface area contributed by atoms with Crippen LogP contribution in [0.25, 0.3) is 0 Å². The molecule has 2 fully saturated rings. The molecule has 9 heteroatoms. The van der Waals surface area contributed by atoms with E-state index in [1.54, 1.807) is 6.26 Å². The van der Waals surface area contributed by atoms with Crippen molar-refractivity contribution < 1.29 is 8.95 Å². The lowest BCUT2D eigenvalue weighted by Gasteiger charge is -2.33. The Morgan fingerprint density at radius 3 is 2.67 bits per heavy atom. The van der Waals surface area contributed by atoms with E-state index in [-0.39, 0.29) is 11.3 Å². The number of anilines is 1. The van der Waals surface area contributed by atoms with Crippen molar-refractivity contribution in [1.82, 2.24) is 14.3 Å². The minimum Gasteiger partial charge on any atom is -0.488 e. The van der Waals surface area contributed by atoms with Gasteiger partial charge in [0.1, 0.15) is 23.5 Å². The molecule has 160 valence electrons. The van der Waals surface area contributed by atoms with Crippen molar-refractivity contribution in [2.45, 2.75) is 31.8 Å². The lowest BCUT2D eigenvalue weighted by Crippen LogP contribution is -2.47. The van der Waals surface area contributed by atoms with E-state index >= 15 is 0 Å². The summed E-state index contributed by atoms with van der Waals surface area (Å²) in [6.07, 6.45) is 11.6. The van der Waals surface area contributed by atoms with E-state index < -0.39 is 11.0 Å². The molecule has 1 unspecified atom stereocenters. The zero-order valence-electron chi connectivity index (χ0n) is 17.4. The predicted molar refractivity (Wildman–Crippen MR) is 118 cm³/mol. The van der Waals surface area contributed by atoms with Crippen LogP contribution in [-0.2, 0) is 15.7 Å². The van der Waals surface area contributed by atoms with Crippen LogP contribution in [0.1, 0.15) is 31.9 Å². The van der Waals surface area contributed by atoms with Crippen LogP contribution in [-0.4, -0.2) is 62.2 Å². The van der Waals surface area contributed by atoms with E-state index in [9.17, 15) is 4.21 Å². The maximum Gasteiger partial charge on any atom is 0.132 e. The summed E-state index contributed by atoms with van der Waals surface area (Å²) in [5, 5.41) is 8.76. The summed E-state index contributed by atoms with van der Waals surface area (Å²) in [5.41, 5.74) is 8.22. The van der Waals surface area contributed by atoms with Gasteiger partial charge in [-0.3, -0.25) is 5.41 Å². The largest absolute Gasteiger partial charge is 0.488 e. The fraction of sp³-hybridized carbons (Fsp3) is 0.476. The zero-order chi connectivity index (χ0) is 21.3. The van der Waals surface area contributed by atoms with Crippen molar-refractivity contribution in [1.29, 1.82) is 5.41 Å². The minimum atomic E-state index is -0.955. The van der Waals surface area contributed by atoms with E-state index in [4.69, 9.17) is 15.9 Å². The smallest absolute Gasteiger partial charge is 0.132 e. The molecule has 2 heterocycles. The van der Waals surface area contributed by atoms with Crippen LogP contribution in [0.4, 0.5) is 5.82 Å². The molecule has 1 aliphatic heterocycles. The first-order chi connectivity index (χ1) is 14.3. The topological polar surface area (TPSA) is 108 Å². The van der Waals surface area contributed by atoms with Crippen molar-refractivity contribution >= 4 is 22.5 Å². The first-order valence-corrected chi connectivity index (χ1v) is 11.7. The van der Waals surface area contributed by atoms with Crippen LogP contribution < -0.4 is 10.6 Å². The van der Waals surface area contributed by atoms with Gasteiger partial charge < -0.3 is 15.4 Å². The molecule has 0 amide bonds. The van der Waals surface area contributed by atoms with Gasteiger partial charge in [0.25, 0.3) is 0 Å². The Labute approximate surface area is 179 Å². The number of allylic oxidation sites excluding steroid dienone is 4. The summed E-state index contributed by atoms with van der Waals surface area (Å²) in [7, 11) is -0.955. The molecule has 0 bridgehead atoms. The van der Waals surface area contributed by atoms with Gasteiger partial charge in [-0.15, -0.1) is 0 Å². The number of ether oxygens (including phenoxy) is 1. The third kappa shape index (κ3) is 4.62. The highest BCUT2D eigenvalue weighted by atomic mass is 32.2. The average Bonchev–Trinajstić information content (AvgIpc) is 3.50. The van der Waals surface area contributed by atoms with E-state index in [0.717, 1.165) is 37.5 Å². The highest BCUT2D eigenvalue weighted by molar-refractivity contribution is 7.81. The Hall–Kier alpha value is -2.52. The normalized spacial score (nSPS) is 22.3. The molecule has 1 saturated heterocycles. The first kappa shape index (κ1) is 20.7. The van der Waals surface area contributed by atoms with Crippen LogP contribution in [0.15, 0.2) is 47.7 Å². The van der Waals surface area contributed by atoms with Crippen LogP contribution in [0.3, 0.4) is 0 Å². The van der Waals surface area contributed by atoms with Gasteiger partial charge in [0, 0.05) is 56.2 Å². The molecular weight excluding hydrogens is 400 g/mol. The van der Waals surface area contributed by atoms with Gasteiger partial charge in [0.15, 0.2) is 0 Å². The summed E-state index contributed by atoms with van der Waals surface area (Å²) in [5.74, 6) is 1.50. The summed E-state index contributed by atoms with van der Waals surface area (Å²) in [6, 6.07) is 1.83. The molecule has 8 nitrogen and oxygen atoms in total. The zero-order valence-corrected chi connectivity index (χ0v) is 18.2. The van der Waals surface area contributed by atoms with Gasteiger partial charge in [-0.2, -0.15) is 0 Å². The molecule has 3 N–H and O–H groups in total. The van der Waals surface area contributed by atoms with Gasteiger partial charge in [0.05, 0.1) is 22.4 Å². The predicted octanol–water partition coefficient (Wildman–Crippen LogP) is 1.89. The van der Waals surface area contributed by atoms with Gasteiger partial charge >= 0.3 is 0 Å². The Morgan fingerprint density at radius 1 is 1.27 bits per heavy atom. The number of nitrogens with zero attached hydrogens (tertiary/aromatic N) is 4. The second kappa shape index (κ2) is 8.31. The maximum absolute atomic E-state index is 11.7. The highest BCUT2D eigenvalue weighted by Gasteiger charge is 2.40. The lowest BCUT2D eigenvalue weighted by atomic mass is 10.0. The van der Waals surface area contributed by atoms with Crippen LogP contribution in [0.5, 0.6) is 0 Å². The molecule has 30 heavy (non-hydrogen) atoms. The summed E-state index contributed by atoms with van der Waals surface area (Å²) in [6.45, 7) is 4.98. The van der Waals surface area contributed by atoms with Crippen molar-refractivity contribution in [2.24, 2.45) is 5.73 Å². The third-order valence-corrected chi connectivity index (χ3v) is 6.77. The van der Waals surface area contributed by atoms with Crippen molar-refractivity contribution in [2.75, 3.05) is 37.3 Å². The molecule has 0 spiro atoms. The molecular formula is C21H28N6O2S. The SMILES string of the molecule is CS(=O)N1CCN(c2cc(C(=N)C3=C(N)CC=CC(OC4(C)CC4)=C3)ncn2)CC1. The Bertz CT molecular complexity index is 958. The molecule has 0 radical (unpaired) electrons. The van der Waals surface area contributed by atoms with Crippen LogP contribution >= 0.6 is 0 Å². The minimum absolute atomic E-state index is 0.102. The number of hydrogen-bond acceptors (Lipinski definition) is 7. The Kier molecular flexibility index (Phi) is 5.75. The maximum atomic E-state index is 11.7. The monoisotopic (exact) mass is 428 g/mol. The number of nitrogens with two attached hydrogens (primary N) is 1. The number of hydrogen-bond donors (Lipinski definition) is 2. The molecule has 1 aromatic rings. The van der Waals surface area contributed by atoms with Gasteiger partial charge in [-0.25, -0.2) is 18.5 Å². The molecule has 0 aromatic carbocycles. The number of nitrogens with one attached hydrogen (secondary N) is 1. The fourth-order valence-corrected chi connectivity index (χ4v) is 4.20. The van der Waals surface area contributed by atoms with E-state index in [0.29, 0.717) is 36.5 Å². The molecule has 3 aliphatic rings. The fourth-order valence-electron chi connectivity index (χ4n) is 3.52. The van der Waals surface area contributed by atoms with Crippen LogP contribution in [0.2, 0.25) is 0 Å². The molecule has 4 rings (SSSR count). The molecule has 2 aliphatic carbocycles. The van der Waals surface area contributed by atoms with Crippen molar-refractivity contribution in [3.05, 3.63) is 53.3 Å². The van der Waals surface area contributed by atoms with E-state index in [2.05, 4.69) is 21.8 Å². The first-order valence-electron chi connectivity index (χ1n) is 10.2. The van der Waals surface area contributed by atoms with E-state index in [1.165, 1.54) is 6.33 Å². The molecule has 1 atom stereocenters. The Morgan fingerprint density at radius 2 is 2.00 bits per heavy atom. The van der Waals surface area contributed by atoms with Crippen molar-refractivity contribution in [3.63, 3.8) is 0 Å². The second-order valence-corrected chi connectivity index (χ2v) is 9.48. The van der Waals surface area contributed by atoms with E-state index in [1.807, 2.05) is 28.6 Å². The molecule has 1 aromatic heterocycles. The summed E-state index contributed by atoms with van der Waals surface area (Å²) in [4.78, 5) is 10.9. The van der Waals surface area contributed by atoms with Crippen LogP contribution in [0, 0.1) is 5.41 Å². The molecule has 1 saturated carbocycles. The third-order valence-electron chi connectivity index (χ3n) is 5.68. The van der Waals surface area contributed by atoms with Crippen molar-refractivity contribution in [3.8, 4) is 0 Å². The lowest BCUT2D eigenvalue weighted by molar-refractivity contribution is 0.120. The Balaban J connectivity index is 1.53. The van der Waals surface area contributed by atoms with Gasteiger partial charge in [0.2, 0.25) is 0 Å².